The zero-order valence-corrected chi connectivity index (χ0v) is 16.8. The molecule has 0 saturated heterocycles. The molecule has 6 atom stereocenters. The van der Waals surface area contributed by atoms with Crippen molar-refractivity contribution in [1.82, 2.24) is 0 Å². The molecule has 0 aliphatic heterocycles. The number of esters is 1. The van der Waals surface area contributed by atoms with E-state index in [4.69, 9.17) is 4.74 Å². The lowest BCUT2D eigenvalue weighted by Gasteiger charge is -2.38. The summed E-state index contributed by atoms with van der Waals surface area (Å²) in [6.45, 7) is 2.24. The highest BCUT2D eigenvalue weighted by Gasteiger charge is 2.43. The van der Waals surface area contributed by atoms with Gasteiger partial charge in [-0.1, -0.05) is 19.8 Å². The minimum atomic E-state index is -4.89. The monoisotopic (exact) mass is 426 g/mol. The quantitative estimate of drug-likeness (QED) is 0.414. The normalized spacial score (nSPS) is 41.7. The smallest absolute Gasteiger partial charge is 0.462 e. The number of carbonyl (C=O) groups is 1. The Morgan fingerprint density at radius 3 is 2.07 bits per heavy atom. The first-order valence-corrected chi connectivity index (χ1v) is 10.9. The highest BCUT2D eigenvalue weighted by Crippen LogP contribution is 2.43. The molecule has 0 aromatic heterocycles. The van der Waals surface area contributed by atoms with Crippen LogP contribution in [0.15, 0.2) is 0 Å². The van der Waals surface area contributed by atoms with Crippen molar-refractivity contribution in [2.75, 3.05) is 0 Å². The number of alkyl halides is 5. The van der Waals surface area contributed by atoms with Gasteiger partial charge in [-0.3, -0.25) is 9.53 Å². The van der Waals surface area contributed by atoms with Crippen LogP contribution < -0.4 is 0 Å². The van der Waals surface area contributed by atoms with E-state index in [0.29, 0.717) is 24.7 Å². The molecule has 168 valence electrons. The molecular weight excluding hydrogens is 395 g/mol. The number of rotatable bonds is 4. The van der Waals surface area contributed by atoms with Gasteiger partial charge in [-0.25, -0.2) is 8.78 Å². The first kappa shape index (κ1) is 22.8. The molecule has 3 saturated carbocycles. The summed E-state index contributed by atoms with van der Waals surface area (Å²) < 4.78 is 74.6. The van der Waals surface area contributed by atoms with E-state index in [0.717, 1.165) is 25.2 Å². The Balaban J connectivity index is 1.44. The van der Waals surface area contributed by atoms with Crippen molar-refractivity contribution in [1.29, 1.82) is 0 Å². The molecular formula is C21H31F5O3. The van der Waals surface area contributed by atoms with Crippen molar-refractivity contribution in [3.63, 3.8) is 0 Å². The van der Waals surface area contributed by atoms with Gasteiger partial charge in [-0.15, -0.1) is 13.2 Å². The van der Waals surface area contributed by atoms with Gasteiger partial charge in [0.1, 0.15) is 18.4 Å². The van der Waals surface area contributed by atoms with E-state index in [2.05, 4.69) is 11.7 Å². The molecule has 0 aromatic rings. The lowest BCUT2D eigenvalue weighted by molar-refractivity contribution is -0.352. The van der Waals surface area contributed by atoms with E-state index >= 15 is 0 Å². The van der Waals surface area contributed by atoms with Crippen molar-refractivity contribution >= 4 is 5.97 Å². The summed E-state index contributed by atoms with van der Waals surface area (Å²) in [5.41, 5.74) is 0. The Hall–Kier alpha value is -0.920. The molecule has 0 heterocycles. The first-order valence-electron chi connectivity index (χ1n) is 10.9. The molecule has 3 fully saturated rings. The summed E-state index contributed by atoms with van der Waals surface area (Å²) in [6, 6.07) is 0. The van der Waals surface area contributed by atoms with Crippen LogP contribution in [0.5, 0.6) is 0 Å². The predicted octanol–water partition coefficient (Wildman–Crippen LogP) is 5.91. The largest absolute Gasteiger partial charge is 0.522 e. The molecule has 3 aliphatic carbocycles. The fraction of sp³-hybridized carbons (Fsp3) is 0.952. The summed E-state index contributed by atoms with van der Waals surface area (Å²) in [6.07, 6.45) is -4.73. The second kappa shape index (κ2) is 9.48. The fourth-order valence-electron chi connectivity index (χ4n) is 5.31. The van der Waals surface area contributed by atoms with Crippen LogP contribution in [-0.2, 0) is 14.3 Å². The Labute approximate surface area is 168 Å². The second-order valence-electron chi connectivity index (χ2n) is 9.21. The Morgan fingerprint density at radius 1 is 0.828 bits per heavy atom. The molecule has 3 nitrogen and oxygen atoms in total. The standard InChI is InChI=1S/C21H31F5O3/c1-12-2-4-13(5-3-12)14-6-8-16(17(22)10-14)20(27)28-15-7-9-19(18(23)11-15)29-21(24,25)26/h12-19H,2-11H2,1H3. The van der Waals surface area contributed by atoms with E-state index in [-0.39, 0.29) is 19.3 Å². The summed E-state index contributed by atoms with van der Waals surface area (Å²) in [5, 5.41) is 0. The Kier molecular flexibility index (Phi) is 7.44. The maximum absolute atomic E-state index is 14.7. The minimum absolute atomic E-state index is 0.0828. The molecule has 8 heteroatoms. The van der Waals surface area contributed by atoms with E-state index in [1.165, 1.54) is 12.8 Å². The number of halogens is 5. The summed E-state index contributed by atoms with van der Waals surface area (Å²) in [7, 11) is 0. The lowest BCUT2D eigenvalue weighted by atomic mass is 9.69. The molecule has 3 aliphatic rings. The molecule has 0 radical (unpaired) electrons. The van der Waals surface area contributed by atoms with E-state index in [9.17, 15) is 26.7 Å². The lowest BCUT2D eigenvalue weighted by Crippen LogP contribution is -2.42. The molecule has 0 amide bonds. The zero-order chi connectivity index (χ0) is 21.2. The third-order valence-corrected chi connectivity index (χ3v) is 7.08. The SMILES string of the molecule is CC1CCC(C2CCC(C(=O)OC3CCC(OC(F)(F)F)C(F)C3)C(F)C2)CC1. The number of ether oxygens (including phenoxy) is 2. The predicted molar refractivity (Wildman–Crippen MR) is 96.4 cm³/mol. The van der Waals surface area contributed by atoms with Crippen LogP contribution in [0, 0.1) is 23.7 Å². The number of hydrogen-bond donors (Lipinski definition) is 0. The average molecular weight is 426 g/mol. The maximum Gasteiger partial charge on any atom is 0.522 e. The van der Waals surface area contributed by atoms with Gasteiger partial charge >= 0.3 is 12.3 Å². The van der Waals surface area contributed by atoms with Crippen molar-refractivity contribution in [2.24, 2.45) is 23.7 Å². The van der Waals surface area contributed by atoms with Gasteiger partial charge in [0.05, 0.1) is 12.0 Å². The van der Waals surface area contributed by atoms with Crippen LogP contribution in [0.25, 0.3) is 0 Å². The Bertz CT molecular complexity index is 547. The van der Waals surface area contributed by atoms with E-state index in [1.807, 2.05) is 0 Å². The van der Waals surface area contributed by atoms with Gasteiger partial charge in [-0.05, 0) is 62.7 Å². The van der Waals surface area contributed by atoms with E-state index in [1.54, 1.807) is 0 Å². The third kappa shape index (κ3) is 6.28. The van der Waals surface area contributed by atoms with Gasteiger partial charge in [0.2, 0.25) is 0 Å². The summed E-state index contributed by atoms with van der Waals surface area (Å²) >= 11 is 0. The zero-order valence-electron chi connectivity index (χ0n) is 16.8. The Morgan fingerprint density at radius 2 is 1.48 bits per heavy atom. The summed E-state index contributed by atoms with van der Waals surface area (Å²) in [5.74, 6) is 0.0237. The van der Waals surface area contributed by atoms with Crippen LogP contribution in [0.1, 0.15) is 71.1 Å². The average Bonchev–Trinajstić information content (AvgIpc) is 2.63. The van der Waals surface area contributed by atoms with Crippen LogP contribution in [0.2, 0.25) is 0 Å². The molecule has 6 unspecified atom stereocenters. The molecule has 3 rings (SSSR count). The van der Waals surface area contributed by atoms with E-state index < -0.39 is 42.8 Å². The third-order valence-electron chi connectivity index (χ3n) is 7.08. The van der Waals surface area contributed by atoms with Crippen LogP contribution in [0.4, 0.5) is 22.0 Å². The summed E-state index contributed by atoms with van der Waals surface area (Å²) in [4.78, 5) is 12.4. The van der Waals surface area contributed by atoms with Gasteiger partial charge in [-0.2, -0.15) is 0 Å². The van der Waals surface area contributed by atoms with Crippen LogP contribution in [-0.4, -0.2) is 36.9 Å². The van der Waals surface area contributed by atoms with Crippen LogP contribution >= 0.6 is 0 Å². The molecule has 0 spiro atoms. The van der Waals surface area contributed by atoms with Crippen molar-refractivity contribution < 1.29 is 36.2 Å². The number of hydrogen-bond acceptors (Lipinski definition) is 3. The highest BCUT2D eigenvalue weighted by atomic mass is 19.4. The molecule has 0 aromatic carbocycles. The topological polar surface area (TPSA) is 35.5 Å². The molecule has 29 heavy (non-hydrogen) atoms. The first-order chi connectivity index (χ1) is 13.6. The van der Waals surface area contributed by atoms with Gasteiger partial charge < -0.3 is 4.74 Å². The fourth-order valence-corrected chi connectivity index (χ4v) is 5.31. The van der Waals surface area contributed by atoms with Crippen molar-refractivity contribution in [3.05, 3.63) is 0 Å². The van der Waals surface area contributed by atoms with Crippen molar-refractivity contribution in [3.8, 4) is 0 Å². The second-order valence-corrected chi connectivity index (χ2v) is 9.21. The highest BCUT2D eigenvalue weighted by molar-refractivity contribution is 5.73. The van der Waals surface area contributed by atoms with Crippen molar-refractivity contribution in [2.45, 2.75) is 102 Å². The molecule has 0 bridgehead atoms. The van der Waals surface area contributed by atoms with Gasteiger partial charge in [0.15, 0.2) is 0 Å². The van der Waals surface area contributed by atoms with Crippen LogP contribution in [0.3, 0.4) is 0 Å². The molecule has 0 N–H and O–H groups in total. The van der Waals surface area contributed by atoms with Gasteiger partial charge in [0.25, 0.3) is 0 Å². The minimum Gasteiger partial charge on any atom is -0.462 e. The number of carbonyl (C=O) groups excluding carboxylic acids is 1. The van der Waals surface area contributed by atoms with Gasteiger partial charge in [0, 0.05) is 6.42 Å². The maximum atomic E-state index is 14.7.